The lowest BCUT2D eigenvalue weighted by Crippen LogP contribution is -2.11. The fraction of sp³-hybridized carbons (Fsp3) is 0.154. The van der Waals surface area contributed by atoms with Crippen molar-refractivity contribution in [3.05, 3.63) is 108 Å². The summed E-state index contributed by atoms with van der Waals surface area (Å²) in [7, 11) is 3.59. The van der Waals surface area contributed by atoms with Gasteiger partial charge in [-0.25, -0.2) is 4.98 Å². The van der Waals surface area contributed by atoms with Gasteiger partial charge in [-0.3, -0.25) is 0 Å². The Labute approximate surface area is 182 Å². The van der Waals surface area contributed by atoms with Crippen molar-refractivity contribution in [2.24, 2.45) is 7.05 Å². The van der Waals surface area contributed by atoms with Crippen molar-refractivity contribution >= 4 is 0 Å². The molecule has 5 heteroatoms. The van der Waals surface area contributed by atoms with Gasteiger partial charge in [-0.05, 0) is 29.3 Å². The number of hydrogen-bond donors (Lipinski definition) is 0. The van der Waals surface area contributed by atoms with Gasteiger partial charge in [-0.1, -0.05) is 54.6 Å². The third-order valence-electron chi connectivity index (χ3n) is 5.25. The Morgan fingerprint density at radius 2 is 1.77 bits per heavy atom. The summed E-state index contributed by atoms with van der Waals surface area (Å²) in [5, 5.41) is 9.72. The zero-order chi connectivity index (χ0) is 21.6. The quantitative estimate of drug-likeness (QED) is 0.417. The van der Waals surface area contributed by atoms with E-state index >= 15 is 0 Å². The van der Waals surface area contributed by atoms with Crippen LogP contribution >= 0.6 is 0 Å². The molecule has 0 aliphatic heterocycles. The summed E-state index contributed by atoms with van der Waals surface area (Å²) in [5.74, 6) is 0.721. The molecule has 0 fully saturated rings. The number of aromatic nitrogens is 2. The van der Waals surface area contributed by atoms with Crippen LogP contribution in [-0.4, -0.2) is 16.7 Å². The zero-order valence-electron chi connectivity index (χ0n) is 17.5. The molecule has 4 rings (SSSR count). The molecule has 0 aliphatic rings. The lowest BCUT2D eigenvalue weighted by molar-refractivity contribution is 0.0622. The standard InChI is InChI=1S/C26H23N3O2/c1-29-18-28-16-24(29)26(31-17-19-8-4-3-5-9-19)20-12-13-21(15-27)23(14-20)22-10-6-7-11-25(22)30-2/h3-14,16,18,26H,17H2,1-2H3. The van der Waals surface area contributed by atoms with Crippen molar-refractivity contribution in [3.63, 3.8) is 0 Å². The zero-order valence-corrected chi connectivity index (χ0v) is 17.5. The summed E-state index contributed by atoms with van der Waals surface area (Å²) in [5.41, 5.74) is 5.24. The summed E-state index contributed by atoms with van der Waals surface area (Å²) in [6, 6.07) is 25.9. The predicted octanol–water partition coefficient (Wildman–Crippen LogP) is 5.27. The molecule has 0 spiro atoms. The van der Waals surface area contributed by atoms with E-state index in [-0.39, 0.29) is 6.10 Å². The normalized spacial score (nSPS) is 11.6. The summed E-state index contributed by atoms with van der Waals surface area (Å²) in [4.78, 5) is 4.28. The van der Waals surface area contributed by atoms with E-state index in [9.17, 15) is 5.26 Å². The van der Waals surface area contributed by atoms with Crippen molar-refractivity contribution < 1.29 is 9.47 Å². The maximum atomic E-state index is 9.72. The fourth-order valence-corrected chi connectivity index (χ4v) is 3.64. The van der Waals surface area contributed by atoms with E-state index in [1.54, 1.807) is 13.4 Å². The van der Waals surface area contributed by atoms with Crippen LogP contribution < -0.4 is 4.74 Å². The van der Waals surface area contributed by atoms with Crippen molar-refractivity contribution in [2.45, 2.75) is 12.7 Å². The van der Waals surface area contributed by atoms with Crippen molar-refractivity contribution in [3.8, 4) is 22.9 Å². The number of imidazole rings is 1. The highest BCUT2D eigenvalue weighted by molar-refractivity contribution is 5.76. The largest absolute Gasteiger partial charge is 0.496 e. The monoisotopic (exact) mass is 409 g/mol. The highest BCUT2D eigenvalue weighted by Crippen LogP contribution is 2.36. The Morgan fingerprint density at radius 1 is 1.00 bits per heavy atom. The minimum absolute atomic E-state index is 0.339. The minimum atomic E-state index is -0.339. The second kappa shape index (κ2) is 9.29. The number of benzene rings is 3. The van der Waals surface area contributed by atoms with Crippen LogP contribution in [0.4, 0.5) is 0 Å². The first-order valence-corrected chi connectivity index (χ1v) is 10.0. The van der Waals surface area contributed by atoms with Crippen LogP contribution in [0.1, 0.15) is 28.5 Å². The van der Waals surface area contributed by atoms with Gasteiger partial charge in [0.05, 0.1) is 43.6 Å². The molecule has 1 aromatic heterocycles. The highest BCUT2D eigenvalue weighted by Gasteiger charge is 2.21. The van der Waals surface area contributed by atoms with Crippen LogP contribution in [0.5, 0.6) is 5.75 Å². The molecule has 0 N–H and O–H groups in total. The van der Waals surface area contributed by atoms with E-state index in [2.05, 4.69) is 11.1 Å². The molecule has 0 saturated carbocycles. The molecule has 4 aromatic rings. The smallest absolute Gasteiger partial charge is 0.126 e. The van der Waals surface area contributed by atoms with E-state index in [1.165, 1.54) is 0 Å². The van der Waals surface area contributed by atoms with E-state index in [0.717, 1.165) is 33.7 Å². The molecule has 1 unspecified atom stereocenters. The molecule has 154 valence electrons. The number of nitrogens with zero attached hydrogens (tertiary/aromatic N) is 3. The predicted molar refractivity (Wildman–Crippen MR) is 119 cm³/mol. The first-order chi connectivity index (χ1) is 15.2. The van der Waals surface area contributed by atoms with Gasteiger partial charge >= 0.3 is 0 Å². The molecule has 0 amide bonds. The van der Waals surface area contributed by atoms with Gasteiger partial charge in [-0.2, -0.15) is 5.26 Å². The van der Waals surface area contributed by atoms with Crippen LogP contribution in [0.25, 0.3) is 11.1 Å². The van der Waals surface area contributed by atoms with Crippen LogP contribution in [0.15, 0.2) is 85.3 Å². The topological polar surface area (TPSA) is 60.1 Å². The lowest BCUT2D eigenvalue weighted by Gasteiger charge is -2.21. The van der Waals surface area contributed by atoms with Gasteiger partial charge in [0.1, 0.15) is 11.9 Å². The van der Waals surface area contributed by atoms with E-state index < -0.39 is 0 Å². The molecule has 0 bridgehead atoms. The van der Waals surface area contributed by atoms with Crippen LogP contribution in [0.3, 0.4) is 0 Å². The fourth-order valence-electron chi connectivity index (χ4n) is 3.64. The number of aryl methyl sites for hydroxylation is 1. The summed E-state index contributed by atoms with van der Waals surface area (Å²) < 4.78 is 13.9. The minimum Gasteiger partial charge on any atom is -0.496 e. The Morgan fingerprint density at radius 3 is 2.48 bits per heavy atom. The summed E-state index contributed by atoms with van der Waals surface area (Å²) in [6.07, 6.45) is 3.24. The Balaban J connectivity index is 1.78. The Hall–Kier alpha value is -3.88. The molecule has 3 aromatic carbocycles. The number of rotatable bonds is 7. The van der Waals surface area contributed by atoms with Gasteiger partial charge < -0.3 is 14.0 Å². The maximum absolute atomic E-state index is 9.72. The molecule has 31 heavy (non-hydrogen) atoms. The molecule has 5 nitrogen and oxygen atoms in total. The van der Waals surface area contributed by atoms with Gasteiger partial charge in [0.2, 0.25) is 0 Å². The second-order valence-corrected chi connectivity index (χ2v) is 7.22. The average molecular weight is 409 g/mol. The second-order valence-electron chi connectivity index (χ2n) is 7.22. The number of hydrogen-bond acceptors (Lipinski definition) is 4. The first kappa shape index (κ1) is 20.4. The molecule has 0 radical (unpaired) electrons. The SMILES string of the molecule is COc1ccccc1-c1cc(C(OCc2ccccc2)c2cncn2C)ccc1C#N. The third kappa shape index (κ3) is 4.35. The average Bonchev–Trinajstić information content (AvgIpc) is 3.25. The molecule has 0 saturated heterocycles. The number of methoxy groups -OCH3 is 1. The lowest BCUT2D eigenvalue weighted by atomic mass is 9.94. The van der Waals surface area contributed by atoms with Gasteiger partial charge in [0.15, 0.2) is 0 Å². The van der Waals surface area contributed by atoms with Gasteiger partial charge in [-0.15, -0.1) is 0 Å². The molecule has 1 atom stereocenters. The van der Waals surface area contributed by atoms with Crippen LogP contribution in [0.2, 0.25) is 0 Å². The van der Waals surface area contributed by atoms with Gasteiger partial charge in [0, 0.05) is 18.2 Å². The highest BCUT2D eigenvalue weighted by atomic mass is 16.5. The third-order valence-corrected chi connectivity index (χ3v) is 5.25. The Kier molecular flexibility index (Phi) is 6.11. The summed E-state index contributed by atoms with van der Waals surface area (Å²) >= 11 is 0. The Bertz CT molecular complexity index is 1210. The number of para-hydroxylation sites is 1. The van der Waals surface area contributed by atoms with Crippen LogP contribution in [-0.2, 0) is 18.4 Å². The van der Waals surface area contributed by atoms with E-state index in [4.69, 9.17) is 9.47 Å². The summed E-state index contributed by atoms with van der Waals surface area (Å²) in [6.45, 7) is 0.459. The number of nitriles is 1. The maximum Gasteiger partial charge on any atom is 0.126 e. The van der Waals surface area contributed by atoms with E-state index in [1.807, 2.05) is 90.6 Å². The molecular weight excluding hydrogens is 386 g/mol. The van der Waals surface area contributed by atoms with Crippen molar-refractivity contribution in [2.75, 3.05) is 7.11 Å². The van der Waals surface area contributed by atoms with Crippen LogP contribution in [0, 0.1) is 11.3 Å². The molecular formula is C26H23N3O2. The first-order valence-electron chi connectivity index (χ1n) is 10.0. The van der Waals surface area contributed by atoms with Crippen molar-refractivity contribution in [1.29, 1.82) is 5.26 Å². The number of ether oxygens (including phenoxy) is 2. The van der Waals surface area contributed by atoms with E-state index in [0.29, 0.717) is 12.2 Å². The molecule has 0 aliphatic carbocycles. The van der Waals surface area contributed by atoms with Gasteiger partial charge in [0.25, 0.3) is 0 Å². The van der Waals surface area contributed by atoms with Crippen molar-refractivity contribution in [1.82, 2.24) is 9.55 Å². The molecule has 1 heterocycles.